The number of benzene rings is 2. The molecule has 2 aromatic carbocycles. The van der Waals surface area contributed by atoms with Gasteiger partial charge in [-0.2, -0.15) is 0 Å². The molecule has 0 spiro atoms. The number of rotatable bonds is 7. The van der Waals surface area contributed by atoms with Gasteiger partial charge in [-0.15, -0.1) is 0 Å². The molecule has 7 nitrogen and oxygen atoms in total. The van der Waals surface area contributed by atoms with E-state index in [4.69, 9.17) is 14.2 Å². The fourth-order valence-corrected chi connectivity index (χ4v) is 2.01. The van der Waals surface area contributed by atoms with Crippen LogP contribution < -0.4 is 25.1 Å². The summed E-state index contributed by atoms with van der Waals surface area (Å²) in [6, 6.07) is 12.0. The van der Waals surface area contributed by atoms with E-state index in [1.807, 2.05) is 0 Å². The number of nitrogens with one attached hydrogen (secondary N) is 2. The molecule has 0 unspecified atom stereocenters. The molecule has 0 saturated heterocycles. The summed E-state index contributed by atoms with van der Waals surface area (Å²) in [7, 11) is 1.55. The van der Waals surface area contributed by atoms with Crippen LogP contribution in [-0.4, -0.2) is 31.1 Å². The van der Waals surface area contributed by atoms with Crippen LogP contribution in [0.25, 0.3) is 0 Å². The van der Waals surface area contributed by atoms with Crippen LogP contribution in [0.2, 0.25) is 0 Å². The Bertz CT molecular complexity index is 765. The van der Waals surface area contributed by atoms with Gasteiger partial charge in [-0.1, -0.05) is 0 Å². The van der Waals surface area contributed by atoms with Crippen molar-refractivity contribution in [1.29, 1.82) is 0 Å². The van der Waals surface area contributed by atoms with Crippen LogP contribution in [0.5, 0.6) is 17.2 Å². The molecule has 0 aromatic heterocycles. The van der Waals surface area contributed by atoms with Crippen LogP contribution in [0.4, 0.5) is 4.39 Å². The highest BCUT2D eigenvalue weighted by molar-refractivity contribution is 5.86. The first kappa shape index (κ1) is 20.0. The highest BCUT2D eigenvalue weighted by Crippen LogP contribution is 2.18. The van der Waals surface area contributed by atoms with Gasteiger partial charge in [0.05, 0.1) is 7.11 Å². The maximum atomic E-state index is 12.9. The molecule has 2 amide bonds. The lowest BCUT2D eigenvalue weighted by Crippen LogP contribution is -2.50. The zero-order valence-corrected chi connectivity index (χ0v) is 15.2. The van der Waals surface area contributed by atoms with Crippen molar-refractivity contribution in [2.75, 3.05) is 7.11 Å². The van der Waals surface area contributed by atoms with Gasteiger partial charge >= 0.3 is 0 Å². The van der Waals surface area contributed by atoms with E-state index < -0.39 is 29.8 Å². The van der Waals surface area contributed by atoms with Gasteiger partial charge in [0.2, 0.25) is 0 Å². The van der Waals surface area contributed by atoms with Crippen LogP contribution in [0.3, 0.4) is 0 Å². The van der Waals surface area contributed by atoms with Gasteiger partial charge in [0.15, 0.2) is 12.2 Å². The summed E-state index contributed by atoms with van der Waals surface area (Å²) in [5, 5.41) is 0. The SMILES string of the molecule is COc1ccc(O[C@@H](C)C(=O)NNC(=O)[C@@H](C)Oc2ccc(F)cc2)cc1. The third-order valence-corrected chi connectivity index (χ3v) is 3.55. The summed E-state index contributed by atoms with van der Waals surface area (Å²) in [5.74, 6) is -0.0173. The van der Waals surface area contributed by atoms with Gasteiger partial charge in [0.25, 0.3) is 11.8 Å². The van der Waals surface area contributed by atoms with Crippen molar-refractivity contribution in [3.05, 3.63) is 54.3 Å². The highest BCUT2D eigenvalue weighted by Gasteiger charge is 2.19. The average Bonchev–Trinajstić information content (AvgIpc) is 2.68. The number of methoxy groups -OCH3 is 1. The molecule has 0 saturated carbocycles. The van der Waals surface area contributed by atoms with Crippen molar-refractivity contribution in [3.63, 3.8) is 0 Å². The van der Waals surface area contributed by atoms with Crippen molar-refractivity contribution in [1.82, 2.24) is 10.9 Å². The van der Waals surface area contributed by atoms with Crippen LogP contribution in [0.15, 0.2) is 48.5 Å². The van der Waals surface area contributed by atoms with Gasteiger partial charge in [0, 0.05) is 0 Å². The minimum Gasteiger partial charge on any atom is -0.497 e. The van der Waals surface area contributed by atoms with Crippen LogP contribution >= 0.6 is 0 Å². The van der Waals surface area contributed by atoms with E-state index in [0.717, 1.165) is 0 Å². The van der Waals surface area contributed by atoms with Crippen LogP contribution in [-0.2, 0) is 9.59 Å². The topological polar surface area (TPSA) is 85.9 Å². The van der Waals surface area contributed by atoms with E-state index in [9.17, 15) is 14.0 Å². The van der Waals surface area contributed by atoms with Crippen molar-refractivity contribution < 1.29 is 28.2 Å². The van der Waals surface area contributed by atoms with E-state index in [1.165, 1.54) is 31.2 Å². The summed E-state index contributed by atoms with van der Waals surface area (Å²) >= 11 is 0. The number of amides is 2. The lowest BCUT2D eigenvalue weighted by Gasteiger charge is -2.17. The quantitative estimate of drug-likeness (QED) is 0.724. The minimum atomic E-state index is -0.895. The molecule has 2 rings (SSSR count). The predicted molar refractivity (Wildman–Crippen MR) is 95.9 cm³/mol. The molecule has 0 fully saturated rings. The van der Waals surface area contributed by atoms with E-state index in [1.54, 1.807) is 38.3 Å². The Hall–Kier alpha value is -3.29. The number of hydrogen-bond donors (Lipinski definition) is 2. The first-order valence-corrected chi connectivity index (χ1v) is 8.21. The number of halogens is 1. The molecule has 0 radical (unpaired) electrons. The normalized spacial score (nSPS) is 12.4. The Morgan fingerprint density at radius 2 is 1.15 bits per heavy atom. The predicted octanol–water partition coefficient (Wildman–Crippen LogP) is 2.22. The first-order chi connectivity index (χ1) is 12.9. The van der Waals surface area contributed by atoms with Crippen molar-refractivity contribution >= 4 is 11.8 Å². The van der Waals surface area contributed by atoms with Gasteiger partial charge < -0.3 is 14.2 Å². The Morgan fingerprint density at radius 1 is 0.778 bits per heavy atom. The van der Waals surface area contributed by atoms with E-state index >= 15 is 0 Å². The van der Waals surface area contributed by atoms with Crippen molar-refractivity contribution in [3.8, 4) is 17.2 Å². The van der Waals surface area contributed by atoms with Crippen LogP contribution in [0.1, 0.15) is 13.8 Å². The zero-order chi connectivity index (χ0) is 19.8. The van der Waals surface area contributed by atoms with Gasteiger partial charge in [-0.25, -0.2) is 4.39 Å². The first-order valence-electron chi connectivity index (χ1n) is 8.21. The Labute approximate surface area is 156 Å². The van der Waals surface area contributed by atoms with E-state index in [0.29, 0.717) is 17.2 Å². The van der Waals surface area contributed by atoms with Crippen molar-refractivity contribution in [2.24, 2.45) is 0 Å². The van der Waals surface area contributed by atoms with Crippen molar-refractivity contribution in [2.45, 2.75) is 26.1 Å². The maximum Gasteiger partial charge on any atom is 0.279 e. The molecule has 144 valence electrons. The molecule has 2 N–H and O–H groups in total. The van der Waals surface area contributed by atoms with E-state index in [-0.39, 0.29) is 0 Å². The van der Waals surface area contributed by atoms with Gasteiger partial charge in [0.1, 0.15) is 23.1 Å². The minimum absolute atomic E-state index is 0.335. The molecular weight excluding hydrogens is 355 g/mol. The number of hydrazine groups is 1. The number of carbonyl (C=O) groups excluding carboxylic acids is 2. The molecule has 0 aliphatic rings. The summed E-state index contributed by atoms with van der Waals surface area (Å²) in [6.45, 7) is 3.05. The molecule has 0 aliphatic heterocycles. The Kier molecular flexibility index (Phi) is 6.99. The van der Waals surface area contributed by atoms with Gasteiger partial charge in [-0.05, 0) is 62.4 Å². The second kappa shape index (κ2) is 9.42. The third kappa shape index (κ3) is 6.18. The second-order valence-electron chi connectivity index (χ2n) is 5.63. The Morgan fingerprint density at radius 3 is 1.56 bits per heavy atom. The maximum absolute atomic E-state index is 12.9. The summed E-state index contributed by atoms with van der Waals surface area (Å²) < 4.78 is 28.8. The molecule has 2 atom stereocenters. The largest absolute Gasteiger partial charge is 0.497 e. The Balaban J connectivity index is 1.78. The molecular formula is C19H21FN2O5. The lowest BCUT2D eigenvalue weighted by atomic mass is 10.3. The van der Waals surface area contributed by atoms with Gasteiger partial charge in [-0.3, -0.25) is 20.4 Å². The number of carbonyl (C=O) groups is 2. The summed E-state index contributed by atoms with van der Waals surface area (Å²) in [4.78, 5) is 24.0. The molecule has 0 heterocycles. The number of hydrogen-bond acceptors (Lipinski definition) is 5. The van der Waals surface area contributed by atoms with Crippen LogP contribution in [0, 0.1) is 5.82 Å². The van der Waals surface area contributed by atoms with E-state index in [2.05, 4.69) is 10.9 Å². The molecule has 2 aromatic rings. The molecule has 0 aliphatic carbocycles. The number of ether oxygens (including phenoxy) is 3. The molecule has 27 heavy (non-hydrogen) atoms. The fourth-order valence-electron chi connectivity index (χ4n) is 2.01. The fraction of sp³-hybridized carbons (Fsp3) is 0.263. The standard InChI is InChI=1S/C19H21FN2O5/c1-12(26-16-6-4-14(20)5-7-16)18(23)21-22-19(24)13(2)27-17-10-8-15(25-3)9-11-17/h4-13H,1-3H3,(H,21,23)(H,22,24)/t12-,13+/m1/s1. The third-order valence-electron chi connectivity index (χ3n) is 3.55. The molecule has 0 bridgehead atoms. The summed E-state index contributed by atoms with van der Waals surface area (Å²) in [5.41, 5.74) is 4.53. The monoisotopic (exact) mass is 376 g/mol. The zero-order valence-electron chi connectivity index (χ0n) is 15.2. The summed E-state index contributed by atoms with van der Waals surface area (Å²) in [6.07, 6.45) is -1.74. The highest BCUT2D eigenvalue weighted by atomic mass is 19.1. The average molecular weight is 376 g/mol. The smallest absolute Gasteiger partial charge is 0.279 e. The lowest BCUT2D eigenvalue weighted by molar-refractivity contribution is -0.135. The molecule has 8 heteroatoms. The second-order valence-corrected chi connectivity index (χ2v) is 5.63.